The van der Waals surface area contributed by atoms with Gasteiger partial charge in [0.15, 0.2) is 0 Å². The van der Waals surface area contributed by atoms with E-state index in [2.05, 4.69) is 6.92 Å². The van der Waals surface area contributed by atoms with Gasteiger partial charge < -0.3 is 10.5 Å². The van der Waals surface area contributed by atoms with Crippen LogP contribution in [0, 0.1) is 11.8 Å². The van der Waals surface area contributed by atoms with Crippen LogP contribution in [-0.4, -0.2) is 18.6 Å². The Balaban J connectivity index is 2.27. The van der Waals surface area contributed by atoms with Gasteiger partial charge in [-0.1, -0.05) is 19.8 Å². The van der Waals surface area contributed by atoms with Crippen molar-refractivity contribution in [3.8, 4) is 0 Å². The molecule has 3 nitrogen and oxygen atoms in total. The molecule has 15 heavy (non-hydrogen) atoms. The third-order valence-corrected chi connectivity index (χ3v) is 3.37. The number of hydrogen-bond donors (Lipinski definition) is 1. The van der Waals surface area contributed by atoms with Gasteiger partial charge in [0, 0.05) is 6.04 Å². The molecule has 0 spiro atoms. The van der Waals surface area contributed by atoms with Crippen LogP contribution < -0.4 is 5.73 Å². The molecule has 1 atom stereocenters. The lowest BCUT2D eigenvalue weighted by molar-refractivity contribution is -0.143. The van der Waals surface area contributed by atoms with Gasteiger partial charge >= 0.3 is 5.97 Å². The summed E-state index contributed by atoms with van der Waals surface area (Å²) in [6.45, 7) is 4.56. The van der Waals surface area contributed by atoms with Crippen molar-refractivity contribution in [2.24, 2.45) is 17.6 Å². The zero-order valence-corrected chi connectivity index (χ0v) is 9.87. The van der Waals surface area contributed by atoms with E-state index < -0.39 is 0 Å². The smallest absolute Gasteiger partial charge is 0.307 e. The fourth-order valence-electron chi connectivity index (χ4n) is 2.29. The molecule has 0 aromatic carbocycles. The third-order valence-electron chi connectivity index (χ3n) is 3.37. The van der Waals surface area contributed by atoms with Gasteiger partial charge in [-0.2, -0.15) is 0 Å². The Hall–Kier alpha value is -0.570. The largest absolute Gasteiger partial charge is 0.466 e. The molecule has 0 amide bonds. The first-order valence-corrected chi connectivity index (χ1v) is 6.04. The molecule has 0 aliphatic heterocycles. The zero-order chi connectivity index (χ0) is 11.3. The van der Waals surface area contributed by atoms with Crippen LogP contribution in [-0.2, 0) is 9.53 Å². The second kappa shape index (κ2) is 6.11. The molecular formula is C12H23NO2. The van der Waals surface area contributed by atoms with Crippen molar-refractivity contribution < 1.29 is 9.53 Å². The van der Waals surface area contributed by atoms with Gasteiger partial charge in [-0.3, -0.25) is 4.79 Å². The molecule has 0 radical (unpaired) electrons. The minimum atomic E-state index is -0.149. The standard InChI is InChI=1S/C12H23NO2/c1-3-15-12(14)8-11(13)10-6-4-9(2)5-7-10/h9-11H,3-8,13H2,1-2H3/t9?,10?,11-/m0/s1. The van der Waals surface area contributed by atoms with E-state index in [1.807, 2.05) is 6.92 Å². The van der Waals surface area contributed by atoms with Gasteiger partial charge in [-0.05, 0) is 31.6 Å². The number of carbonyl (C=O) groups excluding carboxylic acids is 1. The molecule has 3 heteroatoms. The topological polar surface area (TPSA) is 52.3 Å². The van der Waals surface area contributed by atoms with Gasteiger partial charge in [0.1, 0.15) is 0 Å². The van der Waals surface area contributed by atoms with Crippen molar-refractivity contribution in [2.75, 3.05) is 6.61 Å². The summed E-state index contributed by atoms with van der Waals surface area (Å²) in [7, 11) is 0. The monoisotopic (exact) mass is 213 g/mol. The van der Waals surface area contributed by atoms with Crippen LogP contribution in [0.25, 0.3) is 0 Å². The van der Waals surface area contributed by atoms with Crippen LogP contribution in [0.4, 0.5) is 0 Å². The van der Waals surface area contributed by atoms with Gasteiger partial charge in [-0.15, -0.1) is 0 Å². The molecule has 1 aliphatic carbocycles. The highest BCUT2D eigenvalue weighted by Crippen LogP contribution is 2.30. The van der Waals surface area contributed by atoms with Crippen molar-refractivity contribution in [3.63, 3.8) is 0 Å². The summed E-state index contributed by atoms with van der Waals surface area (Å²) in [6, 6.07) is -0.00319. The first kappa shape index (κ1) is 12.5. The average Bonchev–Trinajstić information content (AvgIpc) is 2.18. The summed E-state index contributed by atoms with van der Waals surface area (Å²) >= 11 is 0. The van der Waals surface area contributed by atoms with E-state index in [-0.39, 0.29) is 12.0 Å². The van der Waals surface area contributed by atoms with E-state index in [0.717, 1.165) is 5.92 Å². The van der Waals surface area contributed by atoms with Crippen LogP contribution in [0.2, 0.25) is 0 Å². The Morgan fingerprint density at radius 1 is 1.40 bits per heavy atom. The third kappa shape index (κ3) is 4.20. The van der Waals surface area contributed by atoms with Crippen LogP contribution in [0.5, 0.6) is 0 Å². The maximum atomic E-state index is 11.3. The van der Waals surface area contributed by atoms with E-state index >= 15 is 0 Å². The van der Waals surface area contributed by atoms with Gasteiger partial charge in [0.25, 0.3) is 0 Å². The number of nitrogens with two attached hydrogens (primary N) is 1. The highest BCUT2D eigenvalue weighted by atomic mass is 16.5. The average molecular weight is 213 g/mol. The molecular weight excluding hydrogens is 190 g/mol. The molecule has 1 saturated carbocycles. The molecule has 0 unspecified atom stereocenters. The predicted molar refractivity (Wildman–Crippen MR) is 60.3 cm³/mol. The summed E-state index contributed by atoms with van der Waals surface area (Å²) < 4.78 is 4.91. The van der Waals surface area contributed by atoms with Crippen molar-refractivity contribution in [3.05, 3.63) is 0 Å². The minimum absolute atomic E-state index is 0.00319. The molecule has 2 N–H and O–H groups in total. The molecule has 0 bridgehead atoms. The highest BCUT2D eigenvalue weighted by Gasteiger charge is 2.25. The molecule has 0 aromatic heterocycles. The van der Waals surface area contributed by atoms with E-state index in [9.17, 15) is 4.79 Å². The molecule has 1 fully saturated rings. The molecule has 88 valence electrons. The first-order chi connectivity index (χ1) is 7.13. The second-order valence-electron chi connectivity index (χ2n) is 4.69. The SMILES string of the molecule is CCOC(=O)C[C@H](N)C1CCC(C)CC1. The van der Waals surface area contributed by atoms with Crippen LogP contribution in [0.3, 0.4) is 0 Å². The summed E-state index contributed by atoms with van der Waals surface area (Å²) in [5.74, 6) is 1.20. The van der Waals surface area contributed by atoms with Crippen molar-refractivity contribution in [1.82, 2.24) is 0 Å². The van der Waals surface area contributed by atoms with E-state index in [1.54, 1.807) is 0 Å². The fraction of sp³-hybridized carbons (Fsp3) is 0.917. The zero-order valence-electron chi connectivity index (χ0n) is 9.87. The molecule has 1 rings (SSSR count). The number of rotatable bonds is 4. The summed E-state index contributed by atoms with van der Waals surface area (Å²) in [4.78, 5) is 11.3. The summed E-state index contributed by atoms with van der Waals surface area (Å²) in [6.07, 6.45) is 5.22. The fourth-order valence-corrected chi connectivity index (χ4v) is 2.29. The van der Waals surface area contributed by atoms with Gasteiger partial charge in [0.05, 0.1) is 13.0 Å². The van der Waals surface area contributed by atoms with Crippen LogP contribution in [0.1, 0.15) is 46.0 Å². The molecule has 0 aromatic rings. The maximum absolute atomic E-state index is 11.3. The van der Waals surface area contributed by atoms with Crippen LogP contribution in [0.15, 0.2) is 0 Å². The number of carbonyl (C=O) groups is 1. The highest BCUT2D eigenvalue weighted by molar-refractivity contribution is 5.70. The number of hydrogen-bond acceptors (Lipinski definition) is 3. The lowest BCUT2D eigenvalue weighted by Gasteiger charge is -2.30. The Bertz CT molecular complexity index is 198. The molecule has 1 aliphatic rings. The maximum Gasteiger partial charge on any atom is 0.307 e. The quantitative estimate of drug-likeness (QED) is 0.727. The number of esters is 1. The number of ether oxygens (including phenoxy) is 1. The molecule has 0 saturated heterocycles. The van der Waals surface area contributed by atoms with Crippen molar-refractivity contribution in [2.45, 2.75) is 52.0 Å². The Kier molecular flexibility index (Phi) is 5.09. The second-order valence-corrected chi connectivity index (χ2v) is 4.69. The minimum Gasteiger partial charge on any atom is -0.466 e. The Labute approximate surface area is 92.4 Å². The summed E-state index contributed by atoms with van der Waals surface area (Å²) in [5.41, 5.74) is 6.02. The van der Waals surface area contributed by atoms with Gasteiger partial charge in [0.2, 0.25) is 0 Å². The van der Waals surface area contributed by atoms with E-state index in [1.165, 1.54) is 25.7 Å². The predicted octanol–water partition coefficient (Wildman–Crippen LogP) is 2.09. The van der Waals surface area contributed by atoms with Crippen molar-refractivity contribution >= 4 is 5.97 Å². The van der Waals surface area contributed by atoms with Crippen molar-refractivity contribution in [1.29, 1.82) is 0 Å². The van der Waals surface area contributed by atoms with E-state index in [0.29, 0.717) is 18.9 Å². The Morgan fingerprint density at radius 3 is 2.53 bits per heavy atom. The Morgan fingerprint density at radius 2 is 2.00 bits per heavy atom. The van der Waals surface area contributed by atoms with E-state index in [4.69, 9.17) is 10.5 Å². The summed E-state index contributed by atoms with van der Waals surface area (Å²) in [5, 5.41) is 0. The first-order valence-electron chi connectivity index (χ1n) is 6.04. The lowest BCUT2D eigenvalue weighted by Crippen LogP contribution is -2.35. The molecule has 0 heterocycles. The normalized spacial score (nSPS) is 28.5. The lowest BCUT2D eigenvalue weighted by atomic mass is 9.79. The van der Waals surface area contributed by atoms with Gasteiger partial charge in [-0.25, -0.2) is 0 Å². The van der Waals surface area contributed by atoms with Crippen LogP contribution >= 0.6 is 0 Å².